The van der Waals surface area contributed by atoms with Crippen molar-refractivity contribution in [1.82, 2.24) is 0 Å². The predicted molar refractivity (Wildman–Crippen MR) is 79.2 cm³/mol. The lowest BCUT2D eigenvalue weighted by molar-refractivity contribution is 0.193. The molecule has 0 amide bonds. The van der Waals surface area contributed by atoms with E-state index in [9.17, 15) is 0 Å². The molecule has 100 valence electrons. The maximum Gasteiger partial charge on any atom is 0.0944 e. The lowest BCUT2D eigenvalue weighted by Crippen LogP contribution is -2.24. The topological polar surface area (TPSA) is 12.5 Å². The van der Waals surface area contributed by atoms with E-state index in [1.165, 1.54) is 36.3 Å². The molecule has 0 saturated carbocycles. The number of epoxide rings is 1. The molecule has 0 aliphatic carbocycles. The number of ether oxygens (including phenoxy) is 1. The molecular formula is C16H24OS. The minimum Gasteiger partial charge on any atom is -0.369 e. The number of thioether (sulfide) groups is 1. The van der Waals surface area contributed by atoms with Gasteiger partial charge in [-0.15, -0.1) is 11.8 Å². The highest BCUT2D eigenvalue weighted by molar-refractivity contribution is 7.99. The summed E-state index contributed by atoms with van der Waals surface area (Å²) in [5.74, 6) is 1.95. The van der Waals surface area contributed by atoms with Crippen LogP contribution in [0.1, 0.15) is 39.5 Å². The van der Waals surface area contributed by atoms with Crippen LogP contribution in [0, 0.1) is 5.92 Å². The molecule has 0 radical (unpaired) electrons. The summed E-state index contributed by atoms with van der Waals surface area (Å²) >= 11 is 1.97. The molecule has 0 N–H and O–H groups in total. The molecule has 2 atom stereocenters. The van der Waals surface area contributed by atoms with E-state index in [4.69, 9.17) is 4.74 Å². The second-order valence-corrected chi connectivity index (χ2v) is 6.33. The molecule has 1 saturated heterocycles. The second kappa shape index (κ2) is 6.63. The molecule has 1 fully saturated rings. The normalized spacial score (nSPS) is 23.9. The lowest BCUT2D eigenvalue weighted by Gasteiger charge is -2.22. The minimum atomic E-state index is 0.251. The molecule has 1 aromatic carbocycles. The zero-order chi connectivity index (χ0) is 12.8. The summed E-state index contributed by atoms with van der Waals surface area (Å²) in [7, 11) is 0. The highest BCUT2D eigenvalue weighted by Crippen LogP contribution is 2.43. The first-order chi connectivity index (χ1) is 8.80. The summed E-state index contributed by atoms with van der Waals surface area (Å²) in [5, 5.41) is 0. The smallest absolute Gasteiger partial charge is 0.0944 e. The Kier molecular flexibility index (Phi) is 5.13. The molecule has 1 nitrogen and oxygen atoms in total. The van der Waals surface area contributed by atoms with Gasteiger partial charge in [0.2, 0.25) is 0 Å². The first kappa shape index (κ1) is 14.0. The molecule has 1 aromatic rings. The average Bonchev–Trinajstić information content (AvgIpc) is 3.17. The van der Waals surface area contributed by atoms with Crippen molar-refractivity contribution in [3.63, 3.8) is 0 Å². The van der Waals surface area contributed by atoms with Crippen LogP contribution in [0.3, 0.4) is 0 Å². The number of hydrogen-bond acceptors (Lipinski definition) is 2. The molecule has 0 bridgehead atoms. The Bertz CT molecular complexity index is 345. The first-order valence-corrected chi connectivity index (χ1v) is 8.11. The van der Waals surface area contributed by atoms with Crippen molar-refractivity contribution in [1.29, 1.82) is 0 Å². The predicted octanol–water partition coefficient (Wildman–Crippen LogP) is 4.76. The fourth-order valence-corrected chi connectivity index (χ4v) is 3.76. The van der Waals surface area contributed by atoms with E-state index in [0.29, 0.717) is 0 Å². The van der Waals surface area contributed by atoms with Crippen LogP contribution in [-0.2, 0) is 4.74 Å². The Hall–Kier alpha value is -0.470. The Labute approximate surface area is 115 Å². The summed E-state index contributed by atoms with van der Waals surface area (Å²) in [5.41, 5.74) is 0.251. The van der Waals surface area contributed by atoms with Gasteiger partial charge >= 0.3 is 0 Å². The van der Waals surface area contributed by atoms with Gasteiger partial charge in [-0.05, 0) is 36.6 Å². The highest BCUT2D eigenvalue weighted by Gasteiger charge is 2.49. The summed E-state index contributed by atoms with van der Waals surface area (Å²) in [4.78, 5) is 1.38. The van der Waals surface area contributed by atoms with Crippen molar-refractivity contribution < 1.29 is 4.74 Å². The molecule has 2 rings (SSSR count). The van der Waals surface area contributed by atoms with E-state index < -0.39 is 0 Å². The van der Waals surface area contributed by atoms with E-state index in [2.05, 4.69) is 44.2 Å². The lowest BCUT2D eigenvalue weighted by atomic mass is 9.85. The van der Waals surface area contributed by atoms with Gasteiger partial charge in [0.1, 0.15) is 0 Å². The zero-order valence-corrected chi connectivity index (χ0v) is 12.3. The largest absolute Gasteiger partial charge is 0.369 e. The van der Waals surface area contributed by atoms with Crippen LogP contribution >= 0.6 is 11.8 Å². The second-order valence-electron chi connectivity index (χ2n) is 5.16. The first-order valence-electron chi connectivity index (χ1n) is 7.12. The molecule has 0 spiro atoms. The SMILES string of the molecule is CCCC1(C(CC)CCSc2ccccc2)CO1. The zero-order valence-electron chi connectivity index (χ0n) is 11.5. The van der Waals surface area contributed by atoms with Crippen LogP contribution in [0.15, 0.2) is 35.2 Å². The number of hydrogen-bond donors (Lipinski definition) is 0. The molecular weight excluding hydrogens is 240 g/mol. The maximum atomic E-state index is 5.78. The quantitative estimate of drug-likeness (QED) is 0.495. The van der Waals surface area contributed by atoms with Crippen molar-refractivity contribution >= 4 is 11.8 Å². The molecule has 0 aromatic heterocycles. The van der Waals surface area contributed by atoms with Gasteiger partial charge in [0.25, 0.3) is 0 Å². The van der Waals surface area contributed by atoms with Crippen LogP contribution in [0.25, 0.3) is 0 Å². The monoisotopic (exact) mass is 264 g/mol. The summed E-state index contributed by atoms with van der Waals surface area (Å²) < 4.78 is 5.78. The number of rotatable bonds is 8. The van der Waals surface area contributed by atoms with Crippen molar-refractivity contribution in [3.05, 3.63) is 30.3 Å². The van der Waals surface area contributed by atoms with Crippen LogP contribution in [0.4, 0.5) is 0 Å². The van der Waals surface area contributed by atoms with E-state index >= 15 is 0 Å². The Balaban J connectivity index is 1.78. The van der Waals surface area contributed by atoms with Gasteiger partial charge in [-0.1, -0.05) is 44.9 Å². The van der Waals surface area contributed by atoms with Crippen LogP contribution < -0.4 is 0 Å². The van der Waals surface area contributed by atoms with Gasteiger partial charge in [0, 0.05) is 4.90 Å². The third-order valence-electron chi connectivity index (χ3n) is 3.90. The van der Waals surface area contributed by atoms with Crippen LogP contribution in [0.5, 0.6) is 0 Å². The molecule has 2 unspecified atom stereocenters. The van der Waals surface area contributed by atoms with Crippen molar-refractivity contribution in [3.8, 4) is 0 Å². The average molecular weight is 264 g/mol. The number of benzene rings is 1. The summed E-state index contributed by atoms with van der Waals surface area (Å²) in [6, 6.07) is 10.7. The Morgan fingerprint density at radius 3 is 2.56 bits per heavy atom. The molecule has 1 aliphatic heterocycles. The van der Waals surface area contributed by atoms with Gasteiger partial charge in [-0.25, -0.2) is 0 Å². The molecule has 1 aliphatic rings. The van der Waals surface area contributed by atoms with Crippen LogP contribution in [-0.4, -0.2) is 18.0 Å². The van der Waals surface area contributed by atoms with E-state index in [-0.39, 0.29) is 5.60 Å². The minimum absolute atomic E-state index is 0.251. The standard InChI is InChI=1S/C16H24OS/c1-3-11-16(13-17-16)14(4-2)10-12-18-15-8-6-5-7-9-15/h5-9,14H,3-4,10-13H2,1-2H3. The van der Waals surface area contributed by atoms with E-state index in [0.717, 1.165) is 12.5 Å². The maximum absolute atomic E-state index is 5.78. The third kappa shape index (κ3) is 3.52. The summed E-state index contributed by atoms with van der Waals surface area (Å²) in [6.07, 6.45) is 5.00. The fourth-order valence-electron chi connectivity index (χ4n) is 2.77. The van der Waals surface area contributed by atoms with Crippen molar-refractivity contribution in [2.45, 2.75) is 50.0 Å². The highest BCUT2D eigenvalue weighted by atomic mass is 32.2. The Morgan fingerprint density at radius 2 is 2.00 bits per heavy atom. The molecule has 18 heavy (non-hydrogen) atoms. The third-order valence-corrected chi connectivity index (χ3v) is 4.95. The van der Waals surface area contributed by atoms with E-state index in [1.54, 1.807) is 0 Å². The van der Waals surface area contributed by atoms with Crippen LogP contribution in [0.2, 0.25) is 0 Å². The van der Waals surface area contributed by atoms with Gasteiger partial charge in [0.15, 0.2) is 0 Å². The fraction of sp³-hybridized carbons (Fsp3) is 0.625. The van der Waals surface area contributed by atoms with Crippen molar-refractivity contribution in [2.75, 3.05) is 12.4 Å². The van der Waals surface area contributed by atoms with Crippen molar-refractivity contribution in [2.24, 2.45) is 5.92 Å². The van der Waals surface area contributed by atoms with Gasteiger partial charge in [-0.3, -0.25) is 0 Å². The van der Waals surface area contributed by atoms with Gasteiger partial charge in [-0.2, -0.15) is 0 Å². The summed E-state index contributed by atoms with van der Waals surface area (Å²) in [6.45, 7) is 5.56. The Morgan fingerprint density at radius 1 is 1.28 bits per heavy atom. The van der Waals surface area contributed by atoms with Gasteiger partial charge in [0.05, 0.1) is 12.2 Å². The van der Waals surface area contributed by atoms with Gasteiger partial charge < -0.3 is 4.74 Å². The van der Waals surface area contributed by atoms with E-state index in [1.807, 2.05) is 11.8 Å². The molecule has 1 heterocycles. The molecule has 2 heteroatoms.